The first-order valence-electron chi connectivity index (χ1n) is 2.42. The van der Waals surface area contributed by atoms with Gasteiger partial charge in [0.2, 0.25) is 0 Å². The summed E-state index contributed by atoms with van der Waals surface area (Å²) in [6, 6.07) is 0. The Morgan fingerprint density at radius 1 is 1.40 bits per heavy atom. The van der Waals surface area contributed by atoms with Gasteiger partial charge < -0.3 is 4.79 Å². The molecule has 4 heteroatoms. The topological polar surface area (TPSA) is 42.9 Å². The summed E-state index contributed by atoms with van der Waals surface area (Å²) < 4.78 is 0. The van der Waals surface area contributed by atoms with Crippen molar-refractivity contribution in [1.82, 2.24) is 9.97 Å². The molecule has 0 aliphatic rings. The Balaban J connectivity index is 0.000000810. The predicted octanol–water partition coefficient (Wildman–Crippen LogP) is -2.50. The zero-order valence-electron chi connectivity index (χ0n) is 5.74. The maximum Gasteiger partial charge on any atom is 1.00 e. The molecule has 0 N–H and O–H groups in total. The van der Waals surface area contributed by atoms with E-state index in [1.54, 1.807) is 0 Å². The van der Waals surface area contributed by atoms with Gasteiger partial charge in [-0.25, -0.2) is 0 Å². The number of hydrogen-bond donors (Lipinski definition) is 0. The van der Waals surface area contributed by atoms with Crippen molar-refractivity contribution >= 4 is 5.78 Å². The van der Waals surface area contributed by atoms with E-state index in [0.717, 1.165) is 0 Å². The van der Waals surface area contributed by atoms with Gasteiger partial charge in [-0.2, -0.15) is 6.92 Å². The third kappa shape index (κ3) is 2.89. The Morgan fingerprint density at radius 3 is 2.20 bits per heavy atom. The minimum atomic E-state index is -0.254. The first kappa shape index (κ1) is 10.3. The van der Waals surface area contributed by atoms with Gasteiger partial charge in [-0.3, -0.25) is 9.97 Å². The second-order valence-electron chi connectivity index (χ2n) is 1.55. The number of carbonyl (C=O) groups excluding carboxylic acids is 1. The van der Waals surface area contributed by atoms with E-state index in [1.165, 1.54) is 18.7 Å². The maximum absolute atomic E-state index is 10.5. The van der Waals surface area contributed by atoms with Crippen LogP contribution in [0.1, 0.15) is 10.4 Å². The van der Waals surface area contributed by atoms with Crippen molar-refractivity contribution in [2.45, 2.75) is 0 Å². The van der Waals surface area contributed by atoms with E-state index in [-0.39, 0.29) is 57.2 Å². The van der Waals surface area contributed by atoms with Crippen LogP contribution in [0.15, 0.2) is 18.7 Å². The number of ketones is 1. The van der Waals surface area contributed by atoms with Gasteiger partial charge in [0.1, 0.15) is 6.33 Å². The van der Waals surface area contributed by atoms with Crippen molar-refractivity contribution in [3.05, 3.63) is 31.2 Å². The molecule has 0 fully saturated rings. The molecule has 1 aromatic rings. The Labute approximate surface area is 102 Å². The molecule has 3 nitrogen and oxygen atoms in total. The summed E-state index contributed by atoms with van der Waals surface area (Å²) in [6.45, 7) is 3.19. The van der Waals surface area contributed by atoms with Gasteiger partial charge in [0.05, 0.1) is 0 Å². The largest absolute Gasteiger partial charge is 1.00 e. The smallest absolute Gasteiger partial charge is 0.332 e. The van der Waals surface area contributed by atoms with Gasteiger partial charge in [-0.1, -0.05) is 5.56 Å². The molecular weight excluding hydrogens is 155 g/mol. The molecule has 0 unspecified atom stereocenters. The molecule has 10 heavy (non-hydrogen) atoms. The Hall–Kier alpha value is 0.256. The number of carbonyl (C=O) groups is 1. The van der Waals surface area contributed by atoms with E-state index < -0.39 is 0 Å². The average molecular weight is 160 g/mol. The van der Waals surface area contributed by atoms with Crippen molar-refractivity contribution < 1.29 is 56.2 Å². The van der Waals surface area contributed by atoms with Gasteiger partial charge in [-0.15, -0.1) is 0 Å². The Morgan fingerprint density at radius 2 is 1.90 bits per heavy atom. The molecule has 0 saturated heterocycles. The van der Waals surface area contributed by atoms with E-state index >= 15 is 0 Å². The van der Waals surface area contributed by atoms with Crippen LogP contribution in [-0.2, 0) is 0 Å². The predicted molar refractivity (Wildman–Crippen MR) is 31.7 cm³/mol. The van der Waals surface area contributed by atoms with Crippen LogP contribution in [-0.4, -0.2) is 15.8 Å². The molecule has 1 heterocycles. The van der Waals surface area contributed by atoms with Crippen LogP contribution in [0.4, 0.5) is 0 Å². The van der Waals surface area contributed by atoms with Gasteiger partial charge >= 0.3 is 51.4 Å². The molecule has 0 spiro atoms. The molecule has 0 radical (unpaired) electrons. The number of nitrogens with zero attached hydrogens (tertiary/aromatic N) is 2. The van der Waals surface area contributed by atoms with Crippen LogP contribution >= 0.6 is 0 Å². The van der Waals surface area contributed by atoms with Crippen molar-refractivity contribution in [2.75, 3.05) is 0 Å². The van der Waals surface area contributed by atoms with Crippen LogP contribution < -0.4 is 51.4 Å². The van der Waals surface area contributed by atoms with Crippen molar-refractivity contribution in [3.63, 3.8) is 0 Å². The van der Waals surface area contributed by atoms with E-state index in [9.17, 15) is 4.79 Å². The first-order chi connectivity index (χ1) is 4.30. The third-order valence-electron chi connectivity index (χ3n) is 0.883. The SMILES string of the molecule is [CH2-]C(=O)c1cncnc1.[K+]. The van der Waals surface area contributed by atoms with Crippen LogP contribution in [0.5, 0.6) is 0 Å². The van der Waals surface area contributed by atoms with E-state index in [1.807, 2.05) is 0 Å². The summed E-state index contributed by atoms with van der Waals surface area (Å²) in [5.41, 5.74) is 0.442. The summed E-state index contributed by atoms with van der Waals surface area (Å²) in [5, 5.41) is 0. The third-order valence-corrected chi connectivity index (χ3v) is 0.883. The van der Waals surface area contributed by atoms with Crippen LogP contribution in [0.2, 0.25) is 0 Å². The van der Waals surface area contributed by atoms with E-state index in [2.05, 4.69) is 16.9 Å². The molecule has 0 saturated carbocycles. The molecule has 0 bridgehead atoms. The quantitative estimate of drug-likeness (QED) is 0.259. The van der Waals surface area contributed by atoms with Crippen LogP contribution in [0.3, 0.4) is 0 Å². The summed E-state index contributed by atoms with van der Waals surface area (Å²) in [6.07, 6.45) is 4.23. The van der Waals surface area contributed by atoms with Crippen molar-refractivity contribution in [2.24, 2.45) is 0 Å². The molecule has 0 atom stereocenters. The van der Waals surface area contributed by atoms with Gasteiger partial charge in [-0.05, 0) is 12.4 Å². The monoisotopic (exact) mass is 160 g/mol. The summed E-state index contributed by atoms with van der Waals surface area (Å²) >= 11 is 0. The molecule has 0 aromatic carbocycles. The molecular formula is C6H5KN2O. The zero-order valence-corrected chi connectivity index (χ0v) is 8.86. The van der Waals surface area contributed by atoms with Crippen molar-refractivity contribution in [1.29, 1.82) is 0 Å². The molecule has 46 valence electrons. The minimum Gasteiger partial charge on any atom is -0.332 e. The maximum atomic E-state index is 10.5. The number of aromatic nitrogens is 2. The fourth-order valence-electron chi connectivity index (χ4n) is 0.443. The fraction of sp³-hybridized carbons (Fsp3) is 0. The summed E-state index contributed by atoms with van der Waals surface area (Å²) in [5.74, 6) is -0.254. The summed E-state index contributed by atoms with van der Waals surface area (Å²) in [4.78, 5) is 17.7. The van der Waals surface area contributed by atoms with Gasteiger partial charge in [0, 0.05) is 5.78 Å². The Kier molecular flexibility index (Phi) is 5.11. The van der Waals surface area contributed by atoms with E-state index in [0.29, 0.717) is 5.56 Å². The number of hydrogen-bond acceptors (Lipinski definition) is 3. The zero-order chi connectivity index (χ0) is 6.69. The second kappa shape index (κ2) is 4.98. The normalized spacial score (nSPS) is 8.00. The van der Waals surface area contributed by atoms with Crippen molar-refractivity contribution in [3.8, 4) is 0 Å². The fourth-order valence-corrected chi connectivity index (χ4v) is 0.443. The standard InChI is InChI=1S/C6H5N2O.K/c1-5(9)6-2-7-4-8-3-6;/h2-4H,1H2;/q-1;+1. The van der Waals surface area contributed by atoms with Gasteiger partial charge in [0.15, 0.2) is 0 Å². The minimum absolute atomic E-state index is 0. The van der Waals surface area contributed by atoms with E-state index in [4.69, 9.17) is 0 Å². The second-order valence-corrected chi connectivity index (χ2v) is 1.55. The first-order valence-corrected chi connectivity index (χ1v) is 2.42. The number of Topliss-reactive ketones (excluding diaryl/α,β-unsaturated/α-hetero) is 1. The summed E-state index contributed by atoms with van der Waals surface area (Å²) in [7, 11) is 0. The average Bonchev–Trinajstić information content (AvgIpc) is 1.90. The molecule has 0 aliphatic heterocycles. The van der Waals surface area contributed by atoms with Gasteiger partial charge in [0.25, 0.3) is 0 Å². The Bertz CT molecular complexity index is 212. The molecule has 0 aliphatic carbocycles. The molecule has 1 aromatic heterocycles. The molecule has 1 rings (SSSR count). The van der Waals surface area contributed by atoms with Crippen LogP contribution in [0.25, 0.3) is 0 Å². The van der Waals surface area contributed by atoms with Crippen LogP contribution in [0, 0.1) is 6.92 Å². The molecule has 0 amide bonds. The number of rotatable bonds is 1.